The molecular formula is C15H9N3S2. The van der Waals surface area contributed by atoms with E-state index in [0.717, 1.165) is 26.7 Å². The molecule has 0 atom stereocenters. The summed E-state index contributed by atoms with van der Waals surface area (Å²) in [6, 6.07) is 12.1. The summed E-state index contributed by atoms with van der Waals surface area (Å²) in [6.45, 7) is 0. The van der Waals surface area contributed by atoms with Crippen LogP contribution in [0.25, 0.3) is 32.3 Å². The van der Waals surface area contributed by atoms with E-state index in [1.54, 1.807) is 28.9 Å². The van der Waals surface area contributed by atoms with Crippen LogP contribution >= 0.6 is 22.7 Å². The number of hydrogen-bond acceptors (Lipinski definition) is 5. The Labute approximate surface area is 123 Å². The Morgan fingerprint density at radius 3 is 2.10 bits per heavy atom. The van der Waals surface area contributed by atoms with Crippen LogP contribution in [0.15, 0.2) is 53.4 Å². The maximum Gasteiger partial charge on any atom is 0.178 e. The molecule has 0 bridgehead atoms. The first-order valence-electron chi connectivity index (χ1n) is 6.12. The lowest BCUT2D eigenvalue weighted by Gasteiger charge is -2.06. The number of nitrogens with zero attached hydrogens (tertiary/aromatic N) is 3. The van der Waals surface area contributed by atoms with Gasteiger partial charge in [0.05, 0.1) is 9.75 Å². The van der Waals surface area contributed by atoms with Crippen molar-refractivity contribution in [3.63, 3.8) is 0 Å². The predicted molar refractivity (Wildman–Crippen MR) is 84.0 cm³/mol. The summed E-state index contributed by atoms with van der Waals surface area (Å²) >= 11 is 3.35. The minimum atomic E-state index is 0.691. The lowest BCUT2D eigenvalue weighted by molar-refractivity contribution is 1.24. The molecule has 0 aliphatic carbocycles. The van der Waals surface area contributed by atoms with Crippen molar-refractivity contribution in [2.75, 3.05) is 0 Å². The van der Waals surface area contributed by atoms with Crippen LogP contribution in [-0.2, 0) is 0 Å². The highest BCUT2D eigenvalue weighted by Gasteiger charge is 2.14. The van der Waals surface area contributed by atoms with Crippen molar-refractivity contribution < 1.29 is 0 Å². The molecule has 4 heterocycles. The maximum absolute atomic E-state index is 4.77. The van der Waals surface area contributed by atoms with Crippen molar-refractivity contribution in [3.8, 4) is 21.1 Å². The number of pyridine rings is 1. The second-order valence-corrected chi connectivity index (χ2v) is 6.12. The molecule has 20 heavy (non-hydrogen) atoms. The van der Waals surface area contributed by atoms with Gasteiger partial charge in [0.1, 0.15) is 16.9 Å². The average molecular weight is 295 g/mol. The standard InChI is InChI=1S/C15H9N3S2/c1-4-10-15(16-7-1)18-14(12-6-3-9-20-12)13(17-10)11-5-2-8-19-11/h1-9H. The summed E-state index contributed by atoms with van der Waals surface area (Å²) in [5, 5.41) is 4.11. The second-order valence-electron chi connectivity index (χ2n) is 4.22. The molecule has 4 aromatic rings. The molecule has 96 valence electrons. The van der Waals surface area contributed by atoms with Crippen LogP contribution < -0.4 is 0 Å². The van der Waals surface area contributed by atoms with Crippen LogP contribution in [0.2, 0.25) is 0 Å². The normalized spacial score (nSPS) is 11.0. The van der Waals surface area contributed by atoms with Crippen LogP contribution in [0.4, 0.5) is 0 Å². The highest BCUT2D eigenvalue weighted by Crippen LogP contribution is 2.34. The van der Waals surface area contributed by atoms with E-state index in [4.69, 9.17) is 9.97 Å². The number of thiophene rings is 2. The number of rotatable bonds is 2. The van der Waals surface area contributed by atoms with Crippen molar-refractivity contribution in [1.82, 2.24) is 15.0 Å². The van der Waals surface area contributed by atoms with E-state index in [0.29, 0.717) is 5.65 Å². The molecule has 0 amide bonds. The first-order chi connectivity index (χ1) is 9.92. The zero-order chi connectivity index (χ0) is 13.4. The van der Waals surface area contributed by atoms with E-state index in [1.165, 1.54) is 0 Å². The number of fused-ring (bicyclic) bond motifs is 1. The third-order valence-electron chi connectivity index (χ3n) is 2.95. The fourth-order valence-corrected chi connectivity index (χ4v) is 3.49. The van der Waals surface area contributed by atoms with Crippen LogP contribution in [0, 0.1) is 0 Å². The van der Waals surface area contributed by atoms with Gasteiger partial charge in [-0.3, -0.25) is 0 Å². The third kappa shape index (κ3) is 1.92. The molecule has 0 aliphatic rings. The summed E-state index contributed by atoms with van der Waals surface area (Å²) in [7, 11) is 0. The molecule has 4 rings (SSSR count). The van der Waals surface area contributed by atoms with Crippen LogP contribution in [0.5, 0.6) is 0 Å². The number of hydrogen-bond donors (Lipinski definition) is 0. The van der Waals surface area contributed by atoms with Crippen molar-refractivity contribution in [1.29, 1.82) is 0 Å². The van der Waals surface area contributed by atoms with Gasteiger partial charge < -0.3 is 0 Å². The molecule has 0 spiro atoms. The zero-order valence-electron chi connectivity index (χ0n) is 10.4. The van der Waals surface area contributed by atoms with Crippen molar-refractivity contribution in [3.05, 3.63) is 53.4 Å². The fraction of sp³-hybridized carbons (Fsp3) is 0. The molecule has 0 saturated carbocycles. The molecule has 4 aromatic heterocycles. The largest absolute Gasteiger partial charge is 0.241 e. The molecule has 3 nitrogen and oxygen atoms in total. The van der Waals surface area contributed by atoms with Gasteiger partial charge in [-0.1, -0.05) is 12.1 Å². The van der Waals surface area contributed by atoms with E-state index in [-0.39, 0.29) is 0 Å². The van der Waals surface area contributed by atoms with Gasteiger partial charge in [-0.15, -0.1) is 22.7 Å². The summed E-state index contributed by atoms with van der Waals surface area (Å²) in [4.78, 5) is 16.0. The Morgan fingerprint density at radius 2 is 1.45 bits per heavy atom. The topological polar surface area (TPSA) is 38.7 Å². The van der Waals surface area contributed by atoms with Gasteiger partial charge in [0.25, 0.3) is 0 Å². The molecule has 0 saturated heterocycles. The van der Waals surface area contributed by atoms with E-state index in [9.17, 15) is 0 Å². The molecular weight excluding hydrogens is 286 g/mol. The molecule has 0 fully saturated rings. The smallest absolute Gasteiger partial charge is 0.178 e. The summed E-state index contributed by atoms with van der Waals surface area (Å²) in [5.41, 5.74) is 3.36. The van der Waals surface area contributed by atoms with E-state index < -0.39 is 0 Å². The minimum absolute atomic E-state index is 0.691. The second kappa shape index (κ2) is 4.77. The zero-order valence-corrected chi connectivity index (χ0v) is 12.0. The highest BCUT2D eigenvalue weighted by atomic mass is 32.1. The molecule has 0 unspecified atom stereocenters. The minimum Gasteiger partial charge on any atom is -0.241 e. The monoisotopic (exact) mass is 295 g/mol. The van der Waals surface area contributed by atoms with Crippen molar-refractivity contribution in [2.24, 2.45) is 0 Å². The Kier molecular flexibility index (Phi) is 2.79. The van der Waals surface area contributed by atoms with Gasteiger partial charge in [0.15, 0.2) is 5.65 Å². The van der Waals surface area contributed by atoms with Crippen LogP contribution in [-0.4, -0.2) is 15.0 Å². The number of aromatic nitrogens is 3. The van der Waals surface area contributed by atoms with Gasteiger partial charge in [0.2, 0.25) is 0 Å². The van der Waals surface area contributed by atoms with E-state index in [1.807, 2.05) is 24.3 Å². The Balaban J connectivity index is 2.06. The lowest BCUT2D eigenvalue weighted by atomic mass is 10.2. The average Bonchev–Trinajstić information content (AvgIpc) is 3.19. The van der Waals surface area contributed by atoms with Gasteiger partial charge in [-0.2, -0.15) is 0 Å². The first-order valence-corrected chi connectivity index (χ1v) is 7.88. The summed E-state index contributed by atoms with van der Waals surface area (Å²) in [5.74, 6) is 0. The molecule has 0 N–H and O–H groups in total. The molecule has 0 aliphatic heterocycles. The third-order valence-corrected chi connectivity index (χ3v) is 4.70. The van der Waals surface area contributed by atoms with Crippen molar-refractivity contribution in [2.45, 2.75) is 0 Å². The fourth-order valence-electron chi connectivity index (χ4n) is 2.06. The van der Waals surface area contributed by atoms with Crippen LogP contribution in [0.3, 0.4) is 0 Å². The summed E-state index contributed by atoms with van der Waals surface area (Å²) < 4.78 is 0. The Hall–Kier alpha value is -2.11. The van der Waals surface area contributed by atoms with Crippen LogP contribution in [0.1, 0.15) is 0 Å². The van der Waals surface area contributed by atoms with E-state index in [2.05, 4.69) is 27.9 Å². The van der Waals surface area contributed by atoms with Crippen molar-refractivity contribution >= 4 is 33.8 Å². The maximum atomic E-state index is 4.77. The quantitative estimate of drug-likeness (QED) is 0.547. The van der Waals surface area contributed by atoms with Gasteiger partial charge in [-0.05, 0) is 35.0 Å². The van der Waals surface area contributed by atoms with Gasteiger partial charge in [0, 0.05) is 6.20 Å². The Morgan fingerprint density at radius 1 is 0.750 bits per heavy atom. The first kappa shape index (κ1) is 11.7. The highest BCUT2D eigenvalue weighted by molar-refractivity contribution is 7.14. The SMILES string of the molecule is c1csc(-c2nc3cccnc3nc2-c2cccs2)c1. The van der Waals surface area contributed by atoms with E-state index >= 15 is 0 Å². The van der Waals surface area contributed by atoms with Gasteiger partial charge >= 0.3 is 0 Å². The molecule has 0 radical (unpaired) electrons. The molecule has 5 heteroatoms. The Bertz CT molecular complexity index is 779. The summed E-state index contributed by atoms with van der Waals surface area (Å²) in [6.07, 6.45) is 1.75. The predicted octanol–water partition coefficient (Wildman–Crippen LogP) is 4.48. The molecule has 0 aromatic carbocycles. The lowest BCUT2D eigenvalue weighted by Crippen LogP contribution is -1.94. The van der Waals surface area contributed by atoms with Gasteiger partial charge in [-0.25, -0.2) is 15.0 Å².